The quantitative estimate of drug-likeness (QED) is 0.307. The van der Waals surface area contributed by atoms with Crippen molar-refractivity contribution in [1.29, 1.82) is 0 Å². The molecule has 1 unspecified atom stereocenters. The third-order valence-corrected chi connectivity index (χ3v) is 8.05. The molecule has 2 aromatic rings. The summed E-state index contributed by atoms with van der Waals surface area (Å²) in [6, 6.07) is 11.7. The number of sulfonamides is 1. The first-order chi connectivity index (χ1) is 17.5. The first-order valence-corrected chi connectivity index (χ1v) is 15.2. The van der Waals surface area contributed by atoms with Crippen molar-refractivity contribution in [2.24, 2.45) is 0 Å². The van der Waals surface area contributed by atoms with E-state index in [-0.39, 0.29) is 31.3 Å². The Balaban J connectivity index is 2.16. The van der Waals surface area contributed by atoms with Crippen LogP contribution in [0, 0.1) is 0 Å². The number of hydrogen-bond donors (Lipinski definition) is 1. The molecular weight excluding hydrogens is 533 g/mol. The van der Waals surface area contributed by atoms with Crippen LogP contribution in [0.2, 0.25) is 10.0 Å². The lowest BCUT2D eigenvalue weighted by Crippen LogP contribution is -2.48. The van der Waals surface area contributed by atoms with Gasteiger partial charge in [-0.1, -0.05) is 61.7 Å². The molecule has 2 rings (SSSR count). The number of carbonyl (C=O) groups excluding carboxylic acids is 2. The Kier molecular flexibility index (Phi) is 12.2. The molecule has 0 radical (unpaired) electrons. The Morgan fingerprint density at radius 3 is 2.19 bits per heavy atom. The molecule has 7 nitrogen and oxygen atoms in total. The van der Waals surface area contributed by atoms with Crippen molar-refractivity contribution >= 4 is 50.7 Å². The van der Waals surface area contributed by atoms with E-state index in [4.69, 9.17) is 23.2 Å². The summed E-state index contributed by atoms with van der Waals surface area (Å²) in [7, 11) is -3.54. The summed E-state index contributed by atoms with van der Waals surface area (Å²) in [5.74, 6) is -0.491. The highest BCUT2D eigenvalue weighted by molar-refractivity contribution is 7.92. The molecule has 37 heavy (non-hydrogen) atoms. The Hall–Kier alpha value is -2.29. The molecule has 10 heteroatoms. The van der Waals surface area contributed by atoms with Crippen LogP contribution >= 0.6 is 23.2 Å². The Morgan fingerprint density at radius 2 is 1.62 bits per heavy atom. The van der Waals surface area contributed by atoms with E-state index in [1.165, 1.54) is 9.21 Å². The zero-order valence-electron chi connectivity index (χ0n) is 22.0. The lowest BCUT2D eigenvalue weighted by Gasteiger charge is -2.29. The molecule has 2 aromatic carbocycles. The smallest absolute Gasteiger partial charge is 0.242 e. The number of anilines is 1. The van der Waals surface area contributed by atoms with E-state index in [1.807, 2.05) is 26.0 Å². The summed E-state index contributed by atoms with van der Waals surface area (Å²) in [6.07, 6.45) is 4.17. The fraction of sp³-hybridized carbons (Fsp3) is 0.481. The van der Waals surface area contributed by atoms with Gasteiger partial charge in [0.05, 0.1) is 22.0 Å². The molecule has 2 amide bonds. The molecular formula is C27H37Cl2N3O4S. The fourth-order valence-corrected chi connectivity index (χ4v) is 5.14. The predicted octanol–water partition coefficient (Wildman–Crippen LogP) is 5.44. The van der Waals surface area contributed by atoms with Crippen LogP contribution in [-0.4, -0.2) is 50.5 Å². The van der Waals surface area contributed by atoms with E-state index < -0.39 is 16.1 Å². The van der Waals surface area contributed by atoms with Crippen LogP contribution in [0.4, 0.5) is 5.69 Å². The van der Waals surface area contributed by atoms with Gasteiger partial charge < -0.3 is 10.2 Å². The van der Waals surface area contributed by atoms with Gasteiger partial charge in [-0.3, -0.25) is 13.9 Å². The van der Waals surface area contributed by atoms with Crippen molar-refractivity contribution in [3.05, 3.63) is 63.6 Å². The van der Waals surface area contributed by atoms with Crippen molar-refractivity contribution in [1.82, 2.24) is 10.2 Å². The van der Waals surface area contributed by atoms with Gasteiger partial charge in [-0.2, -0.15) is 0 Å². The van der Waals surface area contributed by atoms with Crippen LogP contribution in [0.15, 0.2) is 42.5 Å². The average Bonchev–Trinajstić information content (AvgIpc) is 2.86. The number of carbonyl (C=O) groups is 2. The second kappa shape index (κ2) is 14.6. The largest absolute Gasteiger partial charge is 0.354 e. The van der Waals surface area contributed by atoms with Gasteiger partial charge in [-0.25, -0.2) is 8.42 Å². The van der Waals surface area contributed by atoms with E-state index >= 15 is 0 Å². The van der Waals surface area contributed by atoms with Crippen molar-refractivity contribution in [2.45, 2.75) is 65.5 Å². The molecule has 0 fully saturated rings. The molecule has 204 valence electrons. The zero-order valence-corrected chi connectivity index (χ0v) is 24.3. The molecule has 0 heterocycles. The van der Waals surface area contributed by atoms with E-state index in [0.29, 0.717) is 28.7 Å². The summed E-state index contributed by atoms with van der Waals surface area (Å²) >= 11 is 12.2. The Labute approximate surface area is 231 Å². The van der Waals surface area contributed by atoms with Crippen LogP contribution in [-0.2, 0) is 32.6 Å². The van der Waals surface area contributed by atoms with Gasteiger partial charge in [0.2, 0.25) is 21.8 Å². The van der Waals surface area contributed by atoms with E-state index in [2.05, 4.69) is 5.32 Å². The summed E-state index contributed by atoms with van der Waals surface area (Å²) in [5.41, 5.74) is 2.41. The number of aryl methyl sites for hydroxylation is 1. The van der Waals surface area contributed by atoms with E-state index in [1.54, 1.807) is 37.3 Å². The summed E-state index contributed by atoms with van der Waals surface area (Å²) in [5, 5.41) is 3.65. The second-order valence-corrected chi connectivity index (χ2v) is 11.8. The monoisotopic (exact) mass is 569 g/mol. The van der Waals surface area contributed by atoms with Gasteiger partial charge in [0.15, 0.2) is 0 Å². The molecule has 0 aliphatic carbocycles. The Morgan fingerprint density at radius 1 is 0.973 bits per heavy atom. The van der Waals surface area contributed by atoms with Gasteiger partial charge in [-0.05, 0) is 61.6 Å². The third-order valence-electron chi connectivity index (χ3n) is 6.12. The topological polar surface area (TPSA) is 86.8 Å². The van der Waals surface area contributed by atoms with Crippen molar-refractivity contribution in [2.75, 3.05) is 23.7 Å². The van der Waals surface area contributed by atoms with E-state index in [9.17, 15) is 18.0 Å². The number of benzene rings is 2. The minimum atomic E-state index is -3.54. The molecule has 0 bridgehead atoms. The molecule has 0 aliphatic rings. The maximum Gasteiger partial charge on any atom is 0.242 e. The zero-order chi connectivity index (χ0) is 27.6. The van der Waals surface area contributed by atoms with Crippen LogP contribution in [0.25, 0.3) is 0 Å². The van der Waals surface area contributed by atoms with Gasteiger partial charge in [-0.15, -0.1) is 0 Å². The number of rotatable bonds is 14. The highest BCUT2D eigenvalue weighted by Gasteiger charge is 2.26. The molecule has 0 saturated carbocycles. The summed E-state index contributed by atoms with van der Waals surface area (Å²) in [4.78, 5) is 27.6. The lowest BCUT2D eigenvalue weighted by atomic mass is 10.1. The molecule has 1 N–H and O–H groups in total. The number of hydrogen-bond acceptors (Lipinski definition) is 4. The molecule has 0 saturated heterocycles. The minimum Gasteiger partial charge on any atom is -0.354 e. The average molecular weight is 571 g/mol. The first-order valence-electron chi connectivity index (χ1n) is 12.6. The van der Waals surface area contributed by atoms with Gasteiger partial charge in [0, 0.05) is 26.1 Å². The molecule has 0 spiro atoms. The standard InChI is InChI=1S/C27H37Cl2N3O4S/c1-5-7-16-30-27(34)20(3)31(19-22-12-15-24(28)25(29)18-22)26(33)9-8-17-32(37(4,35)36)23-13-10-21(6-2)11-14-23/h10-15,18,20H,5-9,16-17,19H2,1-4H3,(H,30,34). The highest BCUT2D eigenvalue weighted by Crippen LogP contribution is 2.24. The number of halogens is 2. The molecule has 0 aromatic heterocycles. The van der Waals surface area contributed by atoms with Crippen LogP contribution in [0.1, 0.15) is 57.6 Å². The normalized spacial score (nSPS) is 12.2. The number of nitrogens with zero attached hydrogens (tertiary/aromatic N) is 2. The summed E-state index contributed by atoms with van der Waals surface area (Å²) < 4.78 is 26.3. The maximum atomic E-state index is 13.3. The number of nitrogens with one attached hydrogen (secondary N) is 1. The van der Waals surface area contributed by atoms with Crippen molar-refractivity contribution in [3.8, 4) is 0 Å². The maximum absolute atomic E-state index is 13.3. The van der Waals surface area contributed by atoms with E-state index in [0.717, 1.165) is 36.6 Å². The highest BCUT2D eigenvalue weighted by atomic mass is 35.5. The molecule has 1 atom stereocenters. The van der Waals surface area contributed by atoms with Crippen LogP contribution < -0.4 is 9.62 Å². The minimum absolute atomic E-state index is 0.0764. The Bertz CT molecular complexity index is 1160. The van der Waals surface area contributed by atoms with Crippen molar-refractivity contribution < 1.29 is 18.0 Å². The fourth-order valence-electron chi connectivity index (χ4n) is 3.86. The number of amides is 2. The SMILES string of the molecule is CCCCNC(=O)C(C)N(Cc1ccc(Cl)c(Cl)c1)C(=O)CCCN(c1ccc(CC)cc1)S(C)(=O)=O. The third kappa shape index (κ3) is 9.51. The lowest BCUT2D eigenvalue weighted by molar-refractivity contribution is -0.140. The number of unbranched alkanes of at least 4 members (excludes halogenated alkanes) is 1. The predicted molar refractivity (Wildman–Crippen MR) is 152 cm³/mol. The first kappa shape index (κ1) is 30.9. The van der Waals surface area contributed by atoms with Crippen LogP contribution in [0.3, 0.4) is 0 Å². The molecule has 0 aliphatic heterocycles. The van der Waals surface area contributed by atoms with Crippen molar-refractivity contribution in [3.63, 3.8) is 0 Å². The summed E-state index contributed by atoms with van der Waals surface area (Å²) in [6.45, 7) is 6.61. The van der Waals surface area contributed by atoms with Gasteiger partial charge >= 0.3 is 0 Å². The van der Waals surface area contributed by atoms with Gasteiger partial charge in [0.25, 0.3) is 0 Å². The van der Waals surface area contributed by atoms with Crippen LogP contribution in [0.5, 0.6) is 0 Å². The van der Waals surface area contributed by atoms with Gasteiger partial charge in [0.1, 0.15) is 6.04 Å². The second-order valence-electron chi connectivity index (χ2n) is 9.05.